The molecule has 0 radical (unpaired) electrons. The Labute approximate surface area is 128 Å². The molecule has 1 aromatic rings. The lowest BCUT2D eigenvalue weighted by molar-refractivity contribution is -0.227. The number of carboxylic acids is 1. The molecule has 22 heavy (non-hydrogen) atoms. The predicted molar refractivity (Wildman–Crippen MR) is 72.9 cm³/mol. The van der Waals surface area contributed by atoms with E-state index in [1.807, 2.05) is 6.92 Å². The first kappa shape index (κ1) is 16.7. The topological polar surface area (TPSA) is 70.5 Å². The van der Waals surface area contributed by atoms with Crippen LogP contribution in [0, 0.1) is 12.3 Å². The van der Waals surface area contributed by atoms with Crippen molar-refractivity contribution in [1.29, 1.82) is 0 Å². The van der Waals surface area contributed by atoms with E-state index in [0.717, 1.165) is 21.2 Å². The minimum atomic E-state index is -4.90. The molecular formula is C13H15F3N2O3S. The van der Waals surface area contributed by atoms with E-state index in [2.05, 4.69) is 4.98 Å². The lowest BCUT2D eigenvalue weighted by Crippen LogP contribution is -2.47. The number of carboxylic acid groups (broad SMARTS) is 1. The predicted octanol–water partition coefficient (Wildman–Crippen LogP) is 2.49. The number of likely N-dealkylation sites (tertiary alicyclic amines) is 1. The number of thiazole rings is 1. The van der Waals surface area contributed by atoms with E-state index >= 15 is 0 Å². The Hall–Kier alpha value is -1.64. The SMILES string of the molecule is CCc1nc(C)c(C(=O)N2CCC(C(=O)O)(C(F)(F)F)C2)s1. The molecule has 1 aliphatic heterocycles. The molecule has 2 heterocycles. The van der Waals surface area contributed by atoms with Crippen molar-refractivity contribution in [2.24, 2.45) is 5.41 Å². The summed E-state index contributed by atoms with van der Waals surface area (Å²) in [7, 11) is 0. The van der Waals surface area contributed by atoms with Gasteiger partial charge < -0.3 is 10.0 Å². The average molecular weight is 336 g/mol. The van der Waals surface area contributed by atoms with Crippen molar-refractivity contribution in [2.75, 3.05) is 13.1 Å². The Balaban J connectivity index is 2.27. The number of carbonyl (C=O) groups is 2. The molecule has 9 heteroatoms. The van der Waals surface area contributed by atoms with Gasteiger partial charge in [-0.2, -0.15) is 13.2 Å². The maximum atomic E-state index is 13.1. The highest BCUT2D eigenvalue weighted by Gasteiger charge is 2.64. The number of halogens is 3. The van der Waals surface area contributed by atoms with Gasteiger partial charge in [-0.15, -0.1) is 11.3 Å². The largest absolute Gasteiger partial charge is 0.481 e. The van der Waals surface area contributed by atoms with E-state index in [0.29, 0.717) is 12.1 Å². The molecule has 0 bridgehead atoms. The van der Waals surface area contributed by atoms with Crippen LogP contribution in [0.3, 0.4) is 0 Å². The van der Waals surface area contributed by atoms with Crippen molar-refractivity contribution < 1.29 is 27.9 Å². The Morgan fingerprint density at radius 3 is 2.50 bits per heavy atom. The van der Waals surface area contributed by atoms with Gasteiger partial charge in [0, 0.05) is 13.1 Å². The van der Waals surface area contributed by atoms with E-state index in [1.54, 1.807) is 6.92 Å². The molecule has 1 unspecified atom stereocenters. The molecular weight excluding hydrogens is 321 g/mol. The zero-order valence-corrected chi connectivity index (χ0v) is 12.8. The summed E-state index contributed by atoms with van der Waals surface area (Å²) in [5.74, 6) is -2.52. The van der Waals surface area contributed by atoms with E-state index in [9.17, 15) is 22.8 Å². The number of nitrogens with zero attached hydrogens (tertiary/aromatic N) is 2. The molecule has 1 aromatic heterocycles. The van der Waals surface area contributed by atoms with E-state index in [-0.39, 0.29) is 11.4 Å². The number of carbonyl (C=O) groups excluding carboxylic acids is 1. The third kappa shape index (κ3) is 2.57. The van der Waals surface area contributed by atoms with Gasteiger partial charge in [-0.25, -0.2) is 4.98 Å². The van der Waals surface area contributed by atoms with Crippen LogP contribution in [0.4, 0.5) is 13.2 Å². The molecule has 1 saturated heterocycles. The third-order valence-corrected chi connectivity index (χ3v) is 5.14. The van der Waals surface area contributed by atoms with Gasteiger partial charge in [0.1, 0.15) is 4.88 Å². The number of rotatable bonds is 3. The Morgan fingerprint density at radius 1 is 1.45 bits per heavy atom. The van der Waals surface area contributed by atoms with Crippen LogP contribution in [0.15, 0.2) is 0 Å². The molecule has 2 rings (SSSR count). The van der Waals surface area contributed by atoms with Crippen molar-refractivity contribution in [3.63, 3.8) is 0 Å². The van der Waals surface area contributed by atoms with Gasteiger partial charge in [-0.3, -0.25) is 9.59 Å². The maximum Gasteiger partial charge on any atom is 0.406 e. The van der Waals surface area contributed by atoms with Crippen LogP contribution in [-0.4, -0.2) is 46.1 Å². The van der Waals surface area contributed by atoms with Crippen molar-refractivity contribution in [2.45, 2.75) is 32.9 Å². The molecule has 0 aromatic carbocycles. The molecule has 1 amide bonds. The fourth-order valence-electron chi connectivity index (χ4n) is 2.46. The zero-order chi connectivity index (χ0) is 16.7. The van der Waals surface area contributed by atoms with Gasteiger partial charge in [-0.1, -0.05) is 6.92 Å². The lowest BCUT2D eigenvalue weighted by atomic mass is 9.86. The molecule has 1 N–H and O–H groups in total. The first-order valence-corrected chi connectivity index (χ1v) is 7.49. The smallest absolute Gasteiger partial charge is 0.406 e. The highest BCUT2D eigenvalue weighted by atomic mass is 32.1. The summed E-state index contributed by atoms with van der Waals surface area (Å²) in [4.78, 5) is 28.9. The third-order valence-electron chi connectivity index (χ3n) is 3.85. The minimum Gasteiger partial charge on any atom is -0.481 e. The molecule has 0 aliphatic carbocycles. The van der Waals surface area contributed by atoms with E-state index in [1.165, 1.54) is 0 Å². The number of alkyl halides is 3. The first-order chi connectivity index (χ1) is 10.1. The quantitative estimate of drug-likeness (QED) is 0.921. The summed E-state index contributed by atoms with van der Waals surface area (Å²) in [6.45, 7) is 2.39. The van der Waals surface area contributed by atoms with Crippen molar-refractivity contribution in [1.82, 2.24) is 9.88 Å². The fraction of sp³-hybridized carbons (Fsp3) is 0.615. The summed E-state index contributed by atoms with van der Waals surface area (Å²) in [6, 6.07) is 0. The Morgan fingerprint density at radius 2 is 2.09 bits per heavy atom. The lowest BCUT2D eigenvalue weighted by Gasteiger charge is -2.27. The molecule has 1 atom stereocenters. The molecule has 1 aliphatic rings. The van der Waals surface area contributed by atoms with Crippen LogP contribution in [0.1, 0.15) is 33.7 Å². The monoisotopic (exact) mass is 336 g/mol. The van der Waals surface area contributed by atoms with Crippen LogP contribution in [0.25, 0.3) is 0 Å². The standard InChI is InChI=1S/C13H15F3N2O3S/c1-3-8-17-7(2)9(22-8)10(19)18-5-4-12(6-18,11(20)21)13(14,15)16/h3-6H2,1-2H3,(H,20,21). The minimum absolute atomic E-state index is 0.233. The molecule has 122 valence electrons. The highest BCUT2D eigenvalue weighted by Crippen LogP contribution is 2.46. The number of aromatic nitrogens is 1. The summed E-state index contributed by atoms with van der Waals surface area (Å²) in [5.41, 5.74) is -2.42. The van der Waals surface area contributed by atoms with Gasteiger partial charge >= 0.3 is 12.1 Å². The van der Waals surface area contributed by atoms with Gasteiger partial charge in [0.2, 0.25) is 0 Å². The molecule has 1 fully saturated rings. The van der Waals surface area contributed by atoms with Crippen LogP contribution in [-0.2, 0) is 11.2 Å². The highest BCUT2D eigenvalue weighted by molar-refractivity contribution is 7.13. The second-order valence-corrected chi connectivity index (χ2v) is 6.32. The number of hydrogen-bond donors (Lipinski definition) is 1. The molecule has 5 nitrogen and oxygen atoms in total. The number of amides is 1. The second kappa shape index (κ2) is 5.53. The normalized spacial score (nSPS) is 22.1. The van der Waals surface area contributed by atoms with Gasteiger partial charge in [-0.05, 0) is 19.8 Å². The second-order valence-electron chi connectivity index (χ2n) is 5.24. The molecule has 0 saturated carbocycles. The molecule has 0 spiro atoms. The van der Waals surface area contributed by atoms with Crippen LogP contribution >= 0.6 is 11.3 Å². The average Bonchev–Trinajstić information content (AvgIpc) is 3.01. The number of aryl methyl sites for hydroxylation is 2. The summed E-state index contributed by atoms with van der Waals surface area (Å²) in [5, 5.41) is 9.72. The van der Waals surface area contributed by atoms with Crippen molar-refractivity contribution >= 4 is 23.2 Å². The summed E-state index contributed by atoms with van der Waals surface area (Å²) < 4.78 is 39.3. The van der Waals surface area contributed by atoms with E-state index in [4.69, 9.17) is 5.11 Å². The van der Waals surface area contributed by atoms with Crippen LogP contribution in [0.5, 0.6) is 0 Å². The Kier molecular flexibility index (Phi) is 4.20. The van der Waals surface area contributed by atoms with Crippen LogP contribution in [0.2, 0.25) is 0 Å². The van der Waals surface area contributed by atoms with Crippen molar-refractivity contribution in [3.8, 4) is 0 Å². The summed E-state index contributed by atoms with van der Waals surface area (Å²) >= 11 is 1.14. The van der Waals surface area contributed by atoms with Gasteiger partial charge in [0.25, 0.3) is 5.91 Å². The fourth-order valence-corrected chi connectivity index (χ4v) is 3.43. The Bertz CT molecular complexity index is 614. The maximum absolute atomic E-state index is 13.1. The number of hydrogen-bond acceptors (Lipinski definition) is 4. The van der Waals surface area contributed by atoms with Crippen molar-refractivity contribution in [3.05, 3.63) is 15.6 Å². The zero-order valence-electron chi connectivity index (χ0n) is 12.0. The van der Waals surface area contributed by atoms with Crippen LogP contribution < -0.4 is 0 Å². The number of aliphatic carboxylic acids is 1. The van der Waals surface area contributed by atoms with Gasteiger partial charge in [0.15, 0.2) is 5.41 Å². The first-order valence-electron chi connectivity index (χ1n) is 6.68. The van der Waals surface area contributed by atoms with E-state index < -0.39 is 36.4 Å². The van der Waals surface area contributed by atoms with Gasteiger partial charge in [0.05, 0.1) is 10.7 Å². The summed E-state index contributed by atoms with van der Waals surface area (Å²) in [6.07, 6.45) is -4.90.